The normalized spacial score (nSPS) is 17.0. The molecule has 0 aliphatic rings. The molecule has 0 aliphatic carbocycles. The molecule has 0 saturated carbocycles. The van der Waals surface area contributed by atoms with Crippen molar-refractivity contribution >= 4 is 18.2 Å². The topological polar surface area (TPSA) is 211 Å². The van der Waals surface area contributed by atoms with Gasteiger partial charge >= 0.3 is 5.97 Å². The number of aliphatic carboxylic acids is 1. The summed E-state index contributed by atoms with van der Waals surface area (Å²) in [4.78, 5) is 30.7. The van der Waals surface area contributed by atoms with Crippen LogP contribution in [0.2, 0.25) is 0 Å². The van der Waals surface area contributed by atoms with E-state index in [0.717, 1.165) is 6.92 Å². The van der Waals surface area contributed by atoms with E-state index in [-0.39, 0.29) is 6.29 Å². The molecular weight excluding hydrogens is 304 g/mol. The molecule has 0 aromatic rings. The molecule has 5 atom stereocenters. The zero-order chi connectivity index (χ0) is 17.9. The lowest BCUT2D eigenvalue weighted by molar-refractivity contribution is -0.139. The largest absolute Gasteiger partial charge is 0.480 e. The van der Waals surface area contributed by atoms with Crippen molar-refractivity contribution in [2.75, 3.05) is 13.2 Å². The van der Waals surface area contributed by atoms with Gasteiger partial charge in [0.05, 0.1) is 13.2 Å². The van der Waals surface area contributed by atoms with Gasteiger partial charge in [-0.2, -0.15) is 0 Å². The third-order valence-electron chi connectivity index (χ3n) is 2.33. The number of carboxylic acid groups (broad SMARTS) is 1. The number of nitrogens with two attached hydrogens (primary N) is 1. The number of hydrogen-bond acceptors (Lipinski definition) is 9. The van der Waals surface area contributed by atoms with E-state index in [1.54, 1.807) is 0 Å². The number of aliphatic hydroxyl groups is 5. The van der Waals surface area contributed by atoms with E-state index < -0.39 is 55.5 Å². The second-order valence-corrected chi connectivity index (χ2v) is 4.22. The van der Waals surface area contributed by atoms with Crippen molar-refractivity contribution in [2.45, 2.75) is 37.3 Å². The Morgan fingerprint density at radius 1 is 1.14 bits per heavy atom. The van der Waals surface area contributed by atoms with Crippen LogP contribution in [0.15, 0.2) is 0 Å². The Labute approximate surface area is 126 Å². The maximum Gasteiger partial charge on any atom is 0.322 e. The van der Waals surface area contributed by atoms with E-state index in [1.807, 2.05) is 0 Å². The van der Waals surface area contributed by atoms with Crippen molar-refractivity contribution in [1.82, 2.24) is 5.32 Å². The molecule has 22 heavy (non-hydrogen) atoms. The summed E-state index contributed by atoms with van der Waals surface area (Å²) in [5, 5.41) is 54.0. The predicted molar refractivity (Wildman–Crippen MR) is 71.5 cm³/mol. The Morgan fingerprint density at radius 3 is 1.86 bits per heavy atom. The maximum atomic E-state index is 10.6. The zero-order valence-corrected chi connectivity index (χ0v) is 11.9. The minimum atomic E-state index is -1.71. The maximum absolute atomic E-state index is 10.6. The molecule has 0 fully saturated rings. The van der Waals surface area contributed by atoms with Crippen LogP contribution in [0.4, 0.5) is 0 Å². The number of rotatable bonds is 8. The zero-order valence-electron chi connectivity index (χ0n) is 11.9. The van der Waals surface area contributed by atoms with Crippen molar-refractivity contribution in [3.63, 3.8) is 0 Å². The lowest BCUT2D eigenvalue weighted by Gasteiger charge is -2.25. The van der Waals surface area contributed by atoms with E-state index in [2.05, 4.69) is 5.32 Å². The summed E-state index contributed by atoms with van der Waals surface area (Å²) in [6.07, 6.45) is -4.72. The van der Waals surface area contributed by atoms with E-state index in [9.17, 15) is 24.6 Å². The highest BCUT2D eigenvalue weighted by Gasteiger charge is 2.31. The number of hydrogen-bond donors (Lipinski definition) is 8. The molecule has 0 aromatic heterocycles. The molecule has 1 amide bonds. The van der Waals surface area contributed by atoms with Gasteiger partial charge < -0.3 is 46.5 Å². The molecule has 0 aliphatic heterocycles. The average Bonchev–Trinajstić information content (AvgIpc) is 2.49. The average molecular weight is 326 g/mol. The standard InChI is InChI=1S/C8H15NO6.C3H7NO3/c1-4(12)9-5(2-10)7(14)8(15)6(13)3-11;4-2(1-5)3(6)7/h2,5-8,11,13-15H,3H2,1H3,(H,9,12);2,5H,1,4H2,(H,6,7)/t5-,6+,7+,8+;2-/m00/s1. The fourth-order valence-electron chi connectivity index (χ4n) is 1.06. The van der Waals surface area contributed by atoms with Gasteiger partial charge in [0.2, 0.25) is 5.91 Å². The Kier molecular flexibility index (Phi) is 12.3. The number of carboxylic acids is 1. The number of aliphatic hydroxyl groups excluding tert-OH is 5. The Morgan fingerprint density at radius 2 is 1.64 bits per heavy atom. The van der Waals surface area contributed by atoms with Gasteiger partial charge in [-0.15, -0.1) is 0 Å². The van der Waals surface area contributed by atoms with Gasteiger partial charge in [0, 0.05) is 6.92 Å². The quantitative estimate of drug-likeness (QED) is 0.199. The molecule has 0 unspecified atom stereocenters. The van der Waals surface area contributed by atoms with E-state index >= 15 is 0 Å². The molecule has 130 valence electrons. The van der Waals surface area contributed by atoms with Crippen LogP contribution >= 0.6 is 0 Å². The first-order valence-electron chi connectivity index (χ1n) is 6.09. The first-order chi connectivity index (χ1) is 10.1. The van der Waals surface area contributed by atoms with E-state index in [1.165, 1.54) is 0 Å². The van der Waals surface area contributed by atoms with Crippen LogP contribution < -0.4 is 11.1 Å². The molecular formula is C11H22N2O9. The summed E-state index contributed by atoms with van der Waals surface area (Å²) in [6.45, 7) is -0.128. The summed E-state index contributed by atoms with van der Waals surface area (Å²) >= 11 is 0. The van der Waals surface area contributed by atoms with Gasteiger partial charge in [-0.3, -0.25) is 9.59 Å². The highest BCUT2D eigenvalue weighted by molar-refractivity contribution is 5.77. The van der Waals surface area contributed by atoms with Gasteiger partial charge in [0.15, 0.2) is 0 Å². The number of carbonyl (C=O) groups excluding carboxylic acids is 2. The van der Waals surface area contributed by atoms with E-state index in [4.69, 9.17) is 26.2 Å². The number of aldehydes is 1. The molecule has 0 radical (unpaired) electrons. The highest BCUT2D eigenvalue weighted by atomic mass is 16.4. The SMILES string of the molecule is CC(=O)N[C@@H](C=O)[C@@H](O)[C@H](O)[C@H](O)CO.N[C@@H](CO)C(=O)O. The van der Waals surface area contributed by atoms with Crippen molar-refractivity contribution in [1.29, 1.82) is 0 Å². The Balaban J connectivity index is 0. The third-order valence-corrected chi connectivity index (χ3v) is 2.33. The second-order valence-electron chi connectivity index (χ2n) is 4.22. The fraction of sp³-hybridized carbons (Fsp3) is 0.727. The van der Waals surface area contributed by atoms with Gasteiger partial charge in [0.1, 0.15) is 36.7 Å². The van der Waals surface area contributed by atoms with Crippen LogP contribution in [0.25, 0.3) is 0 Å². The summed E-state index contributed by atoms with van der Waals surface area (Å²) in [5.41, 5.74) is 4.77. The Hall–Kier alpha value is -1.63. The lowest BCUT2D eigenvalue weighted by atomic mass is 10.0. The minimum absolute atomic E-state index is 0.235. The smallest absolute Gasteiger partial charge is 0.322 e. The van der Waals surface area contributed by atoms with Gasteiger partial charge in [0.25, 0.3) is 0 Å². The van der Waals surface area contributed by atoms with Gasteiger partial charge in [-0.1, -0.05) is 0 Å². The van der Waals surface area contributed by atoms with Crippen LogP contribution in [0.5, 0.6) is 0 Å². The summed E-state index contributed by atoms with van der Waals surface area (Å²) < 4.78 is 0. The van der Waals surface area contributed by atoms with Crippen LogP contribution in [-0.2, 0) is 14.4 Å². The highest BCUT2D eigenvalue weighted by Crippen LogP contribution is 2.03. The van der Waals surface area contributed by atoms with Crippen molar-refractivity contribution in [2.24, 2.45) is 5.73 Å². The molecule has 0 heterocycles. The fourth-order valence-corrected chi connectivity index (χ4v) is 1.06. The number of carbonyl (C=O) groups is 3. The summed E-state index contributed by atoms with van der Waals surface area (Å²) in [6, 6.07) is -2.45. The summed E-state index contributed by atoms with van der Waals surface area (Å²) in [7, 11) is 0. The van der Waals surface area contributed by atoms with Crippen LogP contribution in [-0.4, -0.2) is 92.4 Å². The molecule has 9 N–H and O–H groups in total. The van der Waals surface area contributed by atoms with Crippen molar-refractivity contribution in [3.05, 3.63) is 0 Å². The minimum Gasteiger partial charge on any atom is -0.480 e. The first-order valence-corrected chi connectivity index (χ1v) is 6.09. The van der Waals surface area contributed by atoms with Crippen LogP contribution in [0, 0.1) is 0 Å². The van der Waals surface area contributed by atoms with E-state index in [0.29, 0.717) is 0 Å². The molecule has 0 spiro atoms. The third kappa shape index (κ3) is 9.33. The van der Waals surface area contributed by atoms with Gasteiger partial charge in [-0.05, 0) is 0 Å². The monoisotopic (exact) mass is 326 g/mol. The van der Waals surface area contributed by atoms with Gasteiger partial charge in [-0.25, -0.2) is 0 Å². The number of amides is 1. The van der Waals surface area contributed by atoms with Crippen molar-refractivity contribution < 1.29 is 45.0 Å². The molecule has 11 heteroatoms. The van der Waals surface area contributed by atoms with Crippen LogP contribution in [0.3, 0.4) is 0 Å². The predicted octanol–water partition coefficient (Wildman–Crippen LogP) is -4.84. The van der Waals surface area contributed by atoms with Crippen molar-refractivity contribution in [3.8, 4) is 0 Å². The molecule has 0 aromatic carbocycles. The molecule has 0 rings (SSSR count). The first kappa shape index (κ1) is 22.6. The Bertz CT molecular complexity index is 352. The van der Waals surface area contributed by atoms with Crippen LogP contribution in [0.1, 0.15) is 6.92 Å². The molecule has 0 bridgehead atoms. The lowest BCUT2D eigenvalue weighted by Crippen LogP contribution is -2.53. The molecule has 0 saturated heterocycles. The number of nitrogens with one attached hydrogen (secondary N) is 1. The summed E-state index contributed by atoms with van der Waals surface area (Å²) in [5.74, 6) is -1.74. The molecule has 11 nitrogen and oxygen atoms in total. The second kappa shape index (κ2) is 12.0.